The lowest BCUT2D eigenvalue weighted by Crippen LogP contribution is -2.29. The van der Waals surface area contributed by atoms with Crippen molar-refractivity contribution in [3.05, 3.63) is 21.9 Å². The number of carboxylic acids is 1. The van der Waals surface area contributed by atoms with Gasteiger partial charge in [0.15, 0.2) is 0 Å². The van der Waals surface area contributed by atoms with Gasteiger partial charge in [0.05, 0.1) is 5.56 Å². The quantitative estimate of drug-likeness (QED) is 0.768. The molecule has 106 valence electrons. The number of aromatic carboxylic acids is 1. The molecule has 0 saturated carbocycles. The van der Waals surface area contributed by atoms with Gasteiger partial charge in [-0.3, -0.25) is 4.79 Å². The zero-order valence-corrected chi connectivity index (χ0v) is 12.3. The highest BCUT2D eigenvalue weighted by Gasteiger charge is 2.18. The van der Waals surface area contributed by atoms with Crippen molar-refractivity contribution in [2.24, 2.45) is 5.92 Å². The predicted molar refractivity (Wildman–Crippen MR) is 76.9 cm³/mol. The summed E-state index contributed by atoms with van der Waals surface area (Å²) in [5.74, 6) is -0.859. The van der Waals surface area contributed by atoms with E-state index in [1.54, 1.807) is 11.4 Å². The summed E-state index contributed by atoms with van der Waals surface area (Å²) in [6.07, 6.45) is 4.43. The van der Waals surface area contributed by atoms with E-state index < -0.39 is 5.97 Å². The molecule has 2 N–H and O–H groups in total. The molecule has 4 nitrogen and oxygen atoms in total. The summed E-state index contributed by atoms with van der Waals surface area (Å²) in [6.45, 7) is 4.87. The van der Waals surface area contributed by atoms with Gasteiger partial charge in [0, 0.05) is 6.54 Å². The van der Waals surface area contributed by atoms with Gasteiger partial charge in [-0.15, -0.1) is 11.3 Å². The second-order valence-electron chi connectivity index (χ2n) is 4.60. The molecule has 1 rings (SSSR count). The highest BCUT2D eigenvalue weighted by molar-refractivity contribution is 7.12. The fraction of sp³-hybridized carbons (Fsp3) is 0.571. The average Bonchev–Trinajstić information content (AvgIpc) is 2.88. The predicted octanol–water partition coefficient (Wildman–Crippen LogP) is 3.39. The van der Waals surface area contributed by atoms with E-state index in [2.05, 4.69) is 19.2 Å². The first-order valence-corrected chi connectivity index (χ1v) is 7.57. The van der Waals surface area contributed by atoms with E-state index >= 15 is 0 Å². The third-order valence-corrected chi connectivity index (χ3v) is 4.10. The van der Waals surface area contributed by atoms with E-state index in [9.17, 15) is 9.59 Å². The molecule has 1 aromatic rings. The molecule has 19 heavy (non-hydrogen) atoms. The van der Waals surface area contributed by atoms with Crippen LogP contribution < -0.4 is 5.32 Å². The fourth-order valence-electron chi connectivity index (χ4n) is 1.93. The van der Waals surface area contributed by atoms with Crippen molar-refractivity contribution >= 4 is 23.2 Å². The number of amides is 1. The Morgan fingerprint density at radius 3 is 2.74 bits per heavy atom. The van der Waals surface area contributed by atoms with Crippen molar-refractivity contribution in [1.29, 1.82) is 0 Å². The lowest BCUT2D eigenvalue weighted by molar-refractivity contribution is 0.0696. The molecule has 0 aliphatic heterocycles. The summed E-state index contributed by atoms with van der Waals surface area (Å²) in [4.78, 5) is 23.0. The largest absolute Gasteiger partial charge is 0.477 e. The molecule has 1 atom stereocenters. The number of carbonyl (C=O) groups excluding carboxylic acids is 1. The van der Waals surface area contributed by atoms with Crippen molar-refractivity contribution in [2.45, 2.75) is 39.5 Å². The van der Waals surface area contributed by atoms with Crippen LogP contribution in [-0.2, 0) is 0 Å². The highest BCUT2D eigenvalue weighted by Crippen LogP contribution is 2.17. The van der Waals surface area contributed by atoms with Crippen LogP contribution in [0.25, 0.3) is 0 Å². The number of nitrogens with one attached hydrogen (secondary N) is 1. The molecule has 1 unspecified atom stereocenters. The Bertz CT molecular complexity index is 428. The minimum absolute atomic E-state index is 0.110. The van der Waals surface area contributed by atoms with Crippen LogP contribution in [0.1, 0.15) is 59.6 Å². The van der Waals surface area contributed by atoms with E-state index in [0.717, 1.165) is 37.0 Å². The van der Waals surface area contributed by atoms with E-state index in [4.69, 9.17) is 5.11 Å². The third kappa shape index (κ3) is 4.67. The van der Waals surface area contributed by atoms with Crippen LogP contribution in [0.5, 0.6) is 0 Å². The van der Waals surface area contributed by atoms with Crippen LogP contribution in [0.4, 0.5) is 0 Å². The van der Waals surface area contributed by atoms with Gasteiger partial charge in [-0.25, -0.2) is 4.79 Å². The van der Waals surface area contributed by atoms with Crippen molar-refractivity contribution in [3.8, 4) is 0 Å². The lowest BCUT2D eigenvalue weighted by Gasteiger charge is -2.15. The Labute approximate surface area is 117 Å². The number of carbonyl (C=O) groups is 2. The summed E-state index contributed by atoms with van der Waals surface area (Å²) >= 11 is 1.08. The first-order chi connectivity index (χ1) is 9.10. The standard InChI is InChI=1S/C14H21NO3S/c1-3-5-6-10(4-2)9-15-13(16)11-7-8-19-12(11)14(17)18/h7-8,10H,3-6,9H2,1-2H3,(H,15,16)(H,17,18). The summed E-state index contributed by atoms with van der Waals surface area (Å²) in [5.41, 5.74) is 0.267. The summed E-state index contributed by atoms with van der Waals surface area (Å²) in [7, 11) is 0. The molecule has 1 aromatic heterocycles. The molecule has 0 aliphatic rings. The maximum atomic E-state index is 12.0. The molecule has 0 fully saturated rings. The maximum absolute atomic E-state index is 12.0. The van der Waals surface area contributed by atoms with Crippen LogP contribution in [0, 0.1) is 5.92 Å². The van der Waals surface area contributed by atoms with Crippen LogP contribution in [0.2, 0.25) is 0 Å². The Morgan fingerprint density at radius 1 is 1.42 bits per heavy atom. The van der Waals surface area contributed by atoms with Gasteiger partial charge in [-0.2, -0.15) is 0 Å². The van der Waals surface area contributed by atoms with Gasteiger partial charge < -0.3 is 10.4 Å². The van der Waals surface area contributed by atoms with E-state index in [-0.39, 0.29) is 16.3 Å². The second kappa shape index (κ2) is 7.94. The monoisotopic (exact) mass is 283 g/mol. The number of rotatable bonds is 8. The second-order valence-corrected chi connectivity index (χ2v) is 5.51. The zero-order valence-electron chi connectivity index (χ0n) is 11.4. The van der Waals surface area contributed by atoms with Crippen molar-refractivity contribution in [2.75, 3.05) is 6.54 Å². The summed E-state index contributed by atoms with van der Waals surface area (Å²) in [6, 6.07) is 1.57. The number of carboxylic acid groups (broad SMARTS) is 1. The lowest BCUT2D eigenvalue weighted by atomic mass is 9.99. The maximum Gasteiger partial charge on any atom is 0.346 e. The van der Waals surface area contributed by atoms with Crippen LogP contribution in [0.15, 0.2) is 11.4 Å². The molecule has 1 heterocycles. The van der Waals surface area contributed by atoms with Crippen molar-refractivity contribution in [3.63, 3.8) is 0 Å². The third-order valence-electron chi connectivity index (χ3n) is 3.20. The molecule has 5 heteroatoms. The molecule has 0 radical (unpaired) electrons. The van der Waals surface area contributed by atoms with Crippen molar-refractivity contribution in [1.82, 2.24) is 5.32 Å². The Kier molecular flexibility index (Phi) is 6.56. The minimum Gasteiger partial charge on any atom is -0.477 e. The Morgan fingerprint density at radius 2 is 2.16 bits per heavy atom. The molecule has 0 saturated heterocycles. The summed E-state index contributed by atoms with van der Waals surface area (Å²) in [5, 5.41) is 13.4. The molecular weight excluding hydrogens is 262 g/mol. The van der Waals surface area contributed by atoms with Crippen LogP contribution >= 0.6 is 11.3 Å². The van der Waals surface area contributed by atoms with E-state index in [0.29, 0.717) is 12.5 Å². The normalized spacial score (nSPS) is 12.1. The van der Waals surface area contributed by atoms with Gasteiger partial charge in [0.2, 0.25) is 0 Å². The summed E-state index contributed by atoms with van der Waals surface area (Å²) < 4.78 is 0. The molecule has 1 amide bonds. The first kappa shape index (κ1) is 15.7. The van der Waals surface area contributed by atoms with Crippen LogP contribution in [-0.4, -0.2) is 23.5 Å². The Hall–Kier alpha value is -1.36. The number of unbranched alkanes of at least 4 members (excludes halogenated alkanes) is 1. The first-order valence-electron chi connectivity index (χ1n) is 6.69. The fourth-order valence-corrected chi connectivity index (χ4v) is 2.66. The van der Waals surface area contributed by atoms with Gasteiger partial charge in [0.1, 0.15) is 4.88 Å². The van der Waals surface area contributed by atoms with Crippen molar-refractivity contribution < 1.29 is 14.7 Å². The smallest absolute Gasteiger partial charge is 0.346 e. The topological polar surface area (TPSA) is 66.4 Å². The minimum atomic E-state index is -1.04. The molecule has 0 bridgehead atoms. The van der Waals surface area contributed by atoms with Gasteiger partial charge in [0.25, 0.3) is 5.91 Å². The van der Waals surface area contributed by atoms with Gasteiger partial charge >= 0.3 is 5.97 Å². The zero-order chi connectivity index (χ0) is 14.3. The molecule has 0 aliphatic carbocycles. The number of hydrogen-bond donors (Lipinski definition) is 2. The Balaban J connectivity index is 2.54. The van der Waals surface area contributed by atoms with E-state index in [1.807, 2.05) is 0 Å². The average molecular weight is 283 g/mol. The van der Waals surface area contributed by atoms with Gasteiger partial charge in [-0.1, -0.05) is 33.1 Å². The number of hydrogen-bond acceptors (Lipinski definition) is 3. The van der Waals surface area contributed by atoms with Crippen LogP contribution in [0.3, 0.4) is 0 Å². The highest BCUT2D eigenvalue weighted by atomic mass is 32.1. The molecule has 0 aromatic carbocycles. The SMILES string of the molecule is CCCCC(CC)CNC(=O)c1ccsc1C(=O)O. The molecule has 0 spiro atoms. The van der Waals surface area contributed by atoms with E-state index in [1.165, 1.54) is 0 Å². The number of thiophene rings is 1. The van der Waals surface area contributed by atoms with Gasteiger partial charge in [-0.05, 0) is 23.8 Å². The molecular formula is C14H21NO3S.